The van der Waals surface area contributed by atoms with Gasteiger partial charge in [-0.25, -0.2) is 0 Å². The standard InChI is InChI=1S/C10H10F3NO/c11-10(12,13)9(15)8(14)6-7-4-2-1-3-5-7/h1-5,8H,6,14H2. The summed E-state index contributed by atoms with van der Waals surface area (Å²) in [6.45, 7) is 0. The third-order valence-electron chi connectivity index (χ3n) is 1.91. The summed E-state index contributed by atoms with van der Waals surface area (Å²) in [5.41, 5.74) is 5.78. The molecule has 1 rings (SSSR count). The average molecular weight is 217 g/mol. The predicted octanol–water partition coefficient (Wildman–Crippen LogP) is 1.69. The van der Waals surface area contributed by atoms with Crippen molar-refractivity contribution < 1.29 is 18.0 Å². The number of nitrogens with two attached hydrogens (primary N) is 1. The van der Waals surface area contributed by atoms with Crippen LogP contribution < -0.4 is 5.73 Å². The van der Waals surface area contributed by atoms with Gasteiger partial charge in [0.2, 0.25) is 0 Å². The van der Waals surface area contributed by atoms with Gasteiger partial charge in [-0.05, 0) is 12.0 Å². The summed E-state index contributed by atoms with van der Waals surface area (Å²) < 4.78 is 35.9. The molecule has 0 aliphatic carbocycles. The molecule has 15 heavy (non-hydrogen) atoms. The maximum Gasteiger partial charge on any atom is 0.451 e. The lowest BCUT2D eigenvalue weighted by atomic mass is 10.0. The number of hydrogen-bond donors (Lipinski definition) is 1. The van der Waals surface area contributed by atoms with Crippen LogP contribution in [0.4, 0.5) is 13.2 Å². The molecule has 0 heterocycles. The largest absolute Gasteiger partial charge is 0.451 e. The number of hydrogen-bond acceptors (Lipinski definition) is 2. The highest BCUT2D eigenvalue weighted by Crippen LogP contribution is 2.18. The van der Waals surface area contributed by atoms with Crippen LogP contribution in [-0.4, -0.2) is 18.0 Å². The molecule has 0 amide bonds. The molecule has 5 heteroatoms. The van der Waals surface area contributed by atoms with E-state index >= 15 is 0 Å². The van der Waals surface area contributed by atoms with Crippen LogP contribution >= 0.6 is 0 Å². The van der Waals surface area contributed by atoms with Crippen LogP contribution in [0.2, 0.25) is 0 Å². The maximum absolute atomic E-state index is 12.0. The Hall–Kier alpha value is -1.36. The second-order valence-electron chi connectivity index (χ2n) is 3.16. The van der Waals surface area contributed by atoms with E-state index < -0.39 is 18.0 Å². The molecule has 0 aliphatic rings. The van der Waals surface area contributed by atoms with Gasteiger partial charge in [-0.15, -0.1) is 0 Å². The molecule has 0 aromatic heterocycles. The van der Waals surface area contributed by atoms with E-state index in [1.165, 1.54) is 0 Å². The van der Waals surface area contributed by atoms with E-state index in [4.69, 9.17) is 5.73 Å². The quantitative estimate of drug-likeness (QED) is 0.837. The SMILES string of the molecule is NC(Cc1ccccc1)C(=O)C(F)(F)F. The lowest BCUT2D eigenvalue weighted by Gasteiger charge is -2.12. The summed E-state index contributed by atoms with van der Waals surface area (Å²) in [4.78, 5) is 10.7. The number of benzene rings is 1. The molecule has 2 N–H and O–H groups in total. The number of rotatable bonds is 3. The molecule has 1 atom stereocenters. The minimum atomic E-state index is -4.85. The molecule has 0 saturated heterocycles. The average Bonchev–Trinajstić information content (AvgIpc) is 2.16. The summed E-state index contributed by atoms with van der Waals surface area (Å²) in [5.74, 6) is -1.88. The van der Waals surface area contributed by atoms with Crippen LogP contribution in [0.25, 0.3) is 0 Å². The minimum Gasteiger partial charge on any atom is -0.321 e. The van der Waals surface area contributed by atoms with E-state index in [1.54, 1.807) is 30.3 Å². The van der Waals surface area contributed by atoms with Crippen molar-refractivity contribution in [1.29, 1.82) is 0 Å². The summed E-state index contributed by atoms with van der Waals surface area (Å²) in [6, 6.07) is 6.83. The summed E-state index contributed by atoms with van der Waals surface area (Å²) in [5, 5.41) is 0. The van der Waals surface area contributed by atoms with Gasteiger partial charge in [0.1, 0.15) is 0 Å². The van der Waals surface area contributed by atoms with Gasteiger partial charge in [0, 0.05) is 0 Å². The van der Waals surface area contributed by atoms with E-state index in [2.05, 4.69) is 0 Å². The first kappa shape index (κ1) is 11.7. The highest BCUT2D eigenvalue weighted by molar-refractivity contribution is 5.89. The molecule has 2 nitrogen and oxygen atoms in total. The van der Waals surface area contributed by atoms with E-state index in [-0.39, 0.29) is 6.42 Å². The highest BCUT2D eigenvalue weighted by atomic mass is 19.4. The van der Waals surface area contributed by atoms with Crippen LogP contribution in [0.15, 0.2) is 30.3 Å². The zero-order valence-corrected chi connectivity index (χ0v) is 7.79. The van der Waals surface area contributed by atoms with Crippen LogP contribution in [0.5, 0.6) is 0 Å². The van der Waals surface area contributed by atoms with Crippen molar-refractivity contribution in [3.8, 4) is 0 Å². The second-order valence-corrected chi connectivity index (χ2v) is 3.16. The van der Waals surface area contributed by atoms with Gasteiger partial charge in [-0.2, -0.15) is 13.2 Å². The number of carbonyl (C=O) groups excluding carboxylic acids is 1. The molecule has 82 valence electrons. The van der Waals surface area contributed by atoms with Crippen LogP contribution in [0, 0.1) is 0 Å². The van der Waals surface area contributed by atoms with E-state index in [0.29, 0.717) is 5.56 Å². The molecular formula is C10H10F3NO. The Morgan fingerprint density at radius 2 is 1.80 bits per heavy atom. The fraction of sp³-hybridized carbons (Fsp3) is 0.300. The summed E-state index contributed by atoms with van der Waals surface area (Å²) >= 11 is 0. The van der Waals surface area contributed by atoms with Gasteiger partial charge in [0.15, 0.2) is 0 Å². The third kappa shape index (κ3) is 3.36. The highest BCUT2D eigenvalue weighted by Gasteiger charge is 2.41. The lowest BCUT2D eigenvalue weighted by molar-refractivity contribution is -0.172. The summed E-state index contributed by atoms with van der Waals surface area (Å²) in [6.07, 6.45) is -4.95. The third-order valence-corrected chi connectivity index (χ3v) is 1.91. The van der Waals surface area contributed by atoms with E-state index in [1.807, 2.05) is 0 Å². The van der Waals surface area contributed by atoms with Gasteiger partial charge in [-0.1, -0.05) is 30.3 Å². The normalized spacial score (nSPS) is 13.6. The van der Waals surface area contributed by atoms with Gasteiger partial charge < -0.3 is 5.73 Å². The van der Waals surface area contributed by atoms with Crippen molar-refractivity contribution in [2.45, 2.75) is 18.6 Å². The molecule has 0 aliphatic heterocycles. The molecule has 0 fully saturated rings. The van der Waals surface area contributed by atoms with E-state index in [9.17, 15) is 18.0 Å². The smallest absolute Gasteiger partial charge is 0.321 e. The van der Waals surface area contributed by atoms with Gasteiger partial charge in [0.05, 0.1) is 6.04 Å². The van der Waals surface area contributed by atoms with Crippen molar-refractivity contribution in [2.24, 2.45) is 5.73 Å². The fourth-order valence-corrected chi connectivity index (χ4v) is 1.17. The van der Waals surface area contributed by atoms with Crippen LogP contribution in [0.1, 0.15) is 5.56 Å². The molecule has 0 bridgehead atoms. The minimum absolute atomic E-state index is 0.0980. The second kappa shape index (κ2) is 4.44. The van der Waals surface area contributed by atoms with E-state index in [0.717, 1.165) is 0 Å². The van der Waals surface area contributed by atoms with Gasteiger partial charge in [0.25, 0.3) is 5.78 Å². The van der Waals surface area contributed by atoms with Crippen molar-refractivity contribution in [3.05, 3.63) is 35.9 Å². The lowest BCUT2D eigenvalue weighted by Crippen LogP contribution is -2.41. The predicted molar refractivity (Wildman–Crippen MR) is 49.2 cm³/mol. The summed E-state index contributed by atoms with van der Waals surface area (Å²) in [7, 11) is 0. The van der Waals surface area contributed by atoms with Crippen LogP contribution in [-0.2, 0) is 11.2 Å². The fourth-order valence-electron chi connectivity index (χ4n) is 1.17. The Labute approximate surface area is 84.9 Å². The Morgan fingerprint density at radius 1 is 1.27 bits per heavy atom. The Bertz CT molecular complexity index is 334. The van der Waals surface area contributed by atoms with Crippen molar-refractivity contribution in [1.82, 2.24) is 0 Å². The first-order valence-corrected chi connectivity index (χ1v) is 4.32. The zero-order valence-electron chi connectivity index (χ0n) is 7.79. The molecule has 1 aromatic rings. The number of halogens is 3. The molecule has 0 spiro atoms. The molecule has 1 aromatic carbocycles. The Balaban J connectivity index is 2.65. The molecule has 1 unspecified atom stereocenters. The molecule has 0 radical (unpaired) electrons. The number of Topliss-reactive ketones (excluding diaryl/α,β-unsaturated/α-hetero) is 1. The first-order chi connectivity index (χ1) is 6.91. The van der Waals surface area contributed by atoms with Crippen LogP contribution in [0.3, 0.4) is 0 Å². The Morgan fingerprint density at radius 3 is 2.27 bits per heavy atom. The first-order valence-electron chi connectivity index (χ1n) is 4.32. The van der Waals surface area contributed by atoms with Gasteiger partial charge in [-0.3, -0.25) is 4.79 Å². The topological polar surface area (TPSA) is 43.1 Å². The van der Waals surface area contributed by atoms with Gasteiger partial charge >= 0.3 is 6.18 Å². The zero-order chi connectivity index (χ0) is 11.5. The van der Waals surface area contributed by atoms with Crippen molar-refractivity contribution in [2.75, 3.05) is 0 Å². The number of ketones is 1. The number of carbonyl (C=O) groups is 1. The molecular weight excluding hydrogens is 207 g/mol. The monoisotopic (exact) mass is 217 g/mol. The maximum atomic E-state index is 12.0. The Kier molecular flexibility index (Phi) is 3.47. The van der Waals surface area contributed by atoms with Crippen molar-refractivity contribution >= 4 is 5.78 Å². The molecule has 0 saturated carbocycles. The number of alkyl halides is 3. The van der Waals surface area contributed by atoms with Crippen molar-refractivity contribution in [3.63, 3.8) is 0 Å².